The Labute approximate surface area is 44.0 Å². The van der Waals surface area contributed by atoms with E-state index in [9.17, 15) is 0 Å². The van der Waals surface area contributed by atoms with Gasteiger partial charge in [-0.1, -0.05) is 13.0 Å². The lowest BCUT2D eigenvalue weighted by atomic mass is 10.1. The van der Waals surface area contributed by atoms with Crippen LogP contribution >= 0.6 is 0 Å². The maximum atomic E-state index is 8.29. The minimum atomic E-state index is 0.262. The summed E-state index contributed by atoms with van der Waals surface area (Å²) in [7, 11) is 0. The molecule has 0 aromatic rings. The molecule has 0 aromatic carbocycles. The van der Waals surface area contributed by atoms with E-state index in [-0.39, 0.29) is 5.92 Å². The molecule has 7 heavy (non-hydrogen) atoms. The maximum absolute atomic E-state index is 8.29. The van der Waals surface area contributed by atoms with E-state index in [1.165, 1.54) is 6.29 Å². The zero-order valence-electron chi connectivity index (χ0n) is 4.59. The van der Waals surface area contributed by atoms with Crippen LogP contribution in [-0.4, -0.2) is 11.1 Å². The maximum Gasteiger partial charge on any atom is 0.284 e. The molecule has 0 spiro atoms. The lowest BCUT2D eigenvalue weighted by Gasteiger charge is -1.87. The normalized spacial score (nSPS) is 12.7. The van der Waals surface area contributed by atoms with Gasteiger partial charge in [0.25, 0.3) is 6.29 Å². The van der Waals surface area contributed by atoms with Gasteiger partial charge in [-0.05, 0) is 6.42 Å². The molecule has 0 unspecified atom stereocenters. The van der Waals surface area contributed by atoms with E-state index in [0.29, 0.717) is 0 Å². The lowest BCUT2D eigenvalue weighted by molar-refractivity contribution is 0.637. The average molecular weight is 99.2 g/mol. The predicted molar refractivity (Wildman–Crippen MR) is 32.0 cm³/mol. The molecule has 1 heteroatoms. The fraction of sp³-hybridized carbons (Fsp3) is 0.500. The van der Waals surface area contributed by atoms with Gasteiger partial charge < -0.3 is 0 Å². The molecular weight excluding hydrogens is 88.1 g/mol. The summed E-state index contributed by atoms with van der Waals surface area (Å²) in [6, 6.07) is 0. The Morgan fingerprint density at radius 2 is 2.43 bits per heavy atom. The molecule has 0 aromatic heterocycles. The Hall–Kier alpha value is -0.590. The molecule has 0 bridgehead atoms. The first kappa shape index (κ1) is 6.41. The van der Waals surface area contributed by atoms with Gasteiger partial charge in [0.2, 0.25) is 0 Å². The molecule has 0 saturated carbocycles. The summed E-state index contributed by atoms with van der Waals surface area (Å²) in [6.45, 7) is 5.45. The summed E-state index contributed by atoms with van der Waals surface area (Å²) >= 11 is 0. The smallest absolute Gasteiger partial charge is 0.284 e. The number of hydrogen-bond acceptors (Lipinski definition) is 0. The van der Waals surface area contributed by atoms with Crippen LogP contribution in [0.1, 0.15) is 13.3 Å². The van der Waals surface area contributed by atoms with Crippen molar-refractivity contribution in [1.29, 1.82) is 0 Å². The van der Waals surface area contributed by atoms with E-state index >= 15 is 0 Å². The van der Waals surface area contributed by atoms with Crippen LogP contribution < -0.4 is 0 Å². The molecule has 0 saturated heterocycles. The van der Waals surface area contributed by atoms with E-state index in [4.69, 9.17) is 4.79 Å². The van der Waals surface area contributed by atoms with Crippen molar-refractivity contribution in [1.82, 2.24) is 0 Å². The first-order valence-electron chi connectivity index (χ1n) is 2.39. The highest BCUT2D eigenvalue weighted by Gasteiger charge is 1.96. The Balaban J connectivity index is 3.15. The van der Waals surface area contributed by atoms with E-state index in [1.807, 2.05) is 6.92 Å². The average Bonchev–Trinajstić information content (AvgIpc) is 1.68. The van der Waals surface area contributed by atoms with Crippen molar-refractivity contribution in [2.75, 3.05) is 0 Å². The van der Waals surface area contributed by atoms with Gasteiger partial charge in [0, 0.05) is 0 Å². The second-order valence-corrected chi connectivity index (χ2v) is 1.65. The van der Waals surface area contributed by atoms with E-state index in [1.54, 1.807) is 6.08 Å². The Bertz CT molecular complexity index is 66.6. The van der Waals surface area contributed by atoms with Crippen LogP contribution in [0.15, 0.2) is 12.7 Å². The molecule has 0 radical (unpaired) electrons. The molecule has 0 aliphatic rings. The van der Waals surface area contributed by atoms with Crippen molar-refractivity contribution in [3.63, 3.8) is 0 Å². The van der Waals surface area contributed by atoms with E-state index in [2.05, 4.69) is 6.58 Å². The van der Waals surface area contributed by atoms with Crippen molar-refractivity contribution in [2.45, 2.75) is 13.3 Å². The van der Waals surface area contributed by atoms with Gasteiger partial charge >= 0.3 is 0 Å². The molecule has 0 heterocycles. The number of carbonyl (C=O) groups excluding carboxylic acids is 1. The summed E-state index contributed by atoms with van der Waals surface area (Å²) in [4.78, 5) is 8.29. The van der Waals surface area contributed by atoms with Crippen LogP contribution in [0.2, 0.25) is 0 Å². The fourth-order valence-electron chi connectivity index (χ4n) is 0.324. The number of aldehydes is 1. The highest BCUT2D eigenvalue weighted by Crippen LogP contribution is 1.94. The first-order valence-corrected chi connectivity index (χ1v) is 2.39. The monoisotopic (exact) mass is 99.1 g/mol. The summed E-state index contributed by atoms with van der Waals surface area (Å²) in [6.07, 6.45) is 3.83. The van der Waals surface area contributed by atoms with Crippen LogP contribution in [0.25, 0.3) is 0 Å². The number of allylic oxidation sites excluding steroid dienone is 1. The summed E-state index contributed by atoms with van der Waals surface area (Å²) in [5.74, 6) is 0.262. The van der Waals surface area contributed by atoms with E-state index < -0.39 is 0 Å². The topological polar surface area (TPSA) is 21.4 Å². The number of rotatable bonds is 3. The largest absolute Gasteiger partial charge is 0.287 e. The highest BCUT2D eigenvalue weighted by atomic mass is 16.1. The predicted octanol–water partition coefficient (Wildman–Crippen LogP) is 1.37. The van der Waals surface area contributed by atoms with Crippen molar-refractivity contribution >= 4 is 6.29 Å². The third kappa shape index (κ3) is 3.23. The van der Waals surface area contributed by atoms with Gasteiger partial charge in [-0.2, -0.15) is 0 Å². The van der Waals surface area contributed by atoms with Crippen LogP contribution in [0.5, 0.6) is 0 Å². The van der Waals surface area contributed by atoms with E-state index in [0.717, 1.165) is 6.42 Å². The molecule has 40 valence electrons. The van der Waals surface area contributed by atoms with Crippen LogP contribution in [0.4, 0.5) is 0 Å². The minimum absolute atomic E-state index is 0.262. The van der Waals surface area contributed by atoms with Gasteiger partial charge in [0.1, 0.15) is 0 Å². The molecule has 1 atom stereocenters. The second kappa shape index (κ2) is 3.59. The van der Waals surface area contributed by atoms with Gasteiger partial charge in [0.15, 0.2) is 0 Å². The number of hydrogen-bond donors (Lipinski definition) is 0. The standard InChI is InChI=1S/C6H10O/c1-3-4-6(2)5-7/h3,5-6H,1,4H2,2H3/p+1/t6-/m0/s1. The summed E-state index contributed by atoms with van der Waals surface area (Å²) in [5.41, 5.74) is 0. The second-order valence-electron chi connectivity index (χ2n) is 1.65. The van der Waals surface area contributed by atoms with Crippen LogP contribution in [0.3, 0.4) is 0 Å². The Kier molecular flexibility index (Phi) is 3.29. The van der Waals surface area contributed by atoms with Crippen LogP contribution in [-0.2, 0) is 0 Å². The summed E-state index contributed by atoms with van der Waals surface area (Å²) in [5, 5.41) is 0. The third-order valence-corrected chi connectivity index (χ3v) is 0.793. The fourth-order valence-corrected chi connectivity index (χ4v) is 0.324. The van der Waals surface area contributed by atoms with Crippen molar-refractivity contribution in [3.05, 3.63) is 12.7 Å². The molecule has 0 aliphatic heterocycles. The van der Waals surface area contributed by atoms with Crippen molar-refractivity contribution in [2.24, 2.45) is 5.92 Å². The molecule has 0 rings (SSSR count). The molecule has 1 N–H and O–H groups in total. The molecule has 0 aliphatic carbocycles. The zero-order valence-corrected chi connectivity index (χ0v) is 4.59. The van der Waals surface area contributed by atoms with Gasteiger partial charge in [0.05, 0.1) is 5.92 Å². The SMILES string of the molecule is C=CC[C@H](C)C=[OH+]. The third-order valence-electron chi connectivity index (χ3n) is 0.793. The molecule has 0 fully saturated rings. The Morgan fingerprint density at radius 1 is 1.86 bits per heavy atom. The molecular formula is C6H11O+. The quantitative estimate of drug-likeness (QED) is 0.289. The minimum Gasteiger partial charge on any atom is -0.287 e. The zero-order chi connectivity index (χ0) is 5.70. The van der Waals surface area contributed by atoms with Crippen molar-refractivity contribution in [3.8, 4) is 0 Å². The summed E-state index contributed by atoms with van der Waals surface area (Å²) < 4.78 is 0. The molecule has 0 amide bonds. The molecule has 1 nitrogen and oxygen atoms in total. The lowest BCUT2D eigenvalue weighted by Crippen LogP contribution is -1.91. The highest BCUT2D eigenvalue weighted by molar-refractivity contribution is 5.54. The first-order chi connectivity index (χ1) is 3.31. The van der Waals surface area contributed by atoms with Gasteiger partial charge in [-0.15, -0.1) is 6.58 Å². The van der Waals surface area contributed by atoms with Gasteiger partial charge in [-0.25, -0.2) is 0 Å². The van der Waals surface area contributed by atoms with Gasteiger partial charge in [-0.3, -0.25) is 4.79 Å². The van der Waals surface area contributed by atoms with Crippen molar-refractivity contribution < 1.29 is 4.79 Å². The Morgan fingerprint density at radius 3 is 2.57 bits per heavy atom. The van der Waals surface area contributed by atoms with Crippen LogP contribution in [0, 0.1) is 5.92 Å².